The molecule has 0 unspecified atom stereocenters. The first kappa shape index (κ1) is 15.9. The number of carbonyl (C=O) groups excluding carboxylic acids is 1. The number of hydrogen-bond donors (Lipinski definition) is 0. The van der Waals surface area contributed by atoms with E-state index in [-0.39, 0.29) is 12.5 Å². The second-order valence-corrected chi connectivity index (χ2v) is 5.21. The summed E-state index contributed by atoms with van der Waals surface area (Å²) in [6.07, 6.45) is 0. The molecule has 0 saturated heterocycles. The highest BCUT2D eigenvalue weighted by atomic mass is 19.1. The van der Waals surface area contributed by atoms with Crippen LogP contribution in [0.5, 0.6) is 0 Å². The predicted octanol–water partition coefficient (Wildman–Crippen LogP) is 3.54. The highest BCUT2D eigenvalue weighted by molar-refractivity contribution is 5.94. The summed E-state index contributed by atoms with van der Waals surface area (Å²) in [5, 5.41) is 3.94. The van der Waals surface area contributed by atoms with Crippen LogP contribution >= 0.6 is 0 Å². The normalized spacial score (nSPS) is 10.6. The molecule has 3 rings (SSSR count). The van der Waals surface area contributed by atoms with Crippen LogP contribution in [0.25, 0.3) is 11.4 Å². The third-order valence-corrected chi connectivity index (χ3v) is 3.57. The molecule has 122 valence electrons. The number of hydrogen-bond acceptors (Lipinski definition) is 4. The van der Waals surface area contributed by atoms with E-state index < -0.39 is 5.82 Å². The zero-order valence-electron chi connectivity index (χ0n) is 13.1. The van der Waals surface area contributed by atoms with Gasteiger partial charge in [-0.2, -0.15) is 4.98 Å². The van der Waals surface area contributed by atoms with Crippen molar-refractivity contribution in [1.82, 2.24) is 15.0 Å². The van der Waals surface area contributed by atoms with Gasteiger partial charge in [0.25, 0.3) is 5.91 Å². The summed E-state index contributed by atoms with van der Waals surface area (Å²) < 4.78 is 18.5. The molecule has 5 nitrogen and oxygen atoms in total. The molecule has 1 aromatic heterocycles. The zero-order chi connectivity index (χ0) is 16.9. The molecule has 0 spiro atoms. The van der Waals surface area contributed by atoms with E-state index >= 15 is 0 Å². The van der Waals surface area contributed by atoms with Crippen LogP contribution < -0.4 is 0 Å². The first-order valence-corrected chi connectivity index (χ1v) is 7.60. The molecular weight excluding hydrogens is 309 g/mol. The minimum atomic E-state index is -0.443. The Morgan fingerprint density at radius 3 is 2.67 bits per heavy atom. The highest BCUT2D eigenvalue weighted by Crippen LogP contribution is 2.16. The van der Waals surface area contributed by atoms with Gasteiger partial charge < -0.3 is 9.42 Å². The van der Waals surface area contributed by atoms with Crippen LogP contribution in [-0.4, -0.2) is 27.5 Å². The van der Waals surface area contributed by atoms with Crippen molar-refractivity contribution in [2.45, 2.75) is 13.5 Å². The van der Waals surface area contributed by atoms with Gasteiger partial charge in [-0.15, -0.1) is 0 Å². The van der Waals surface area contributed by atoms with Gasteiger partial charge in [-0.25, -0.2) is 4.39 Å². The molecule has 0 aliphatic rings. The number of nitrogens with zero attached hydrogens (tertiary/aromatic N) is 3. The van der Waals surface area contributed by atoms with Crippen molar-refractivity contribution in [3.05, 3.63) is 71.9 Å². The molecule has 2 aromatic carbocycles. The largest absolute Gasteiger partial charge is 0.337 e. The average molecular weight is 325 g/mol. The number of carbonyl (C=O) groups is 1. The first-order valence-electron chi connectivity index (χ1n) is 7.60. The van der Waals surface area contributed by atoms with E-state index in [1.807, 2.05) is 37.3 Å². The van der Waals surface area contributed by atoms with Crippen molar-refractivity contribution >= 4 is 5.91 Å². The number of benzene rings is 2. The lowest BCUT2D eigenvalue weighted by Gasteiger charge is -2.18. The maximum Gasteiger partial charge on any atom is 0.254 e. The van der Waals surface area contributed by atoms with Crippen LogP contribution in [0.2, 0.25) is 0 Å². The molecule has 1 heterocycles. The summed E-state index contributed by atoms with van der Waals surface area (Å²) >= 11 is 0. The Morgan fingerprint density at radius 2 is 1.96 bits per heavy atom. The molecule has 0 N–H and O–H groups in total. The van der Waals surface area contributed by atoms with Crippen LogP contribution in [0.1, 0.15) is 23.2 Å². The van der Waals surface area contributed by atoms with Crippen LogP contribution in [0, 0.1) is 5.82 Å². The maximum absolute atomic E-state index is 13.3. The fourth-order valence-electron chi connectivity index (χ4n) is 2.32. The van der Waals surface area contributed by atoms with Gasteiger partial charge in [-0.05, 0) is 25.1 Å². The molecule has 6 heteroatoms. The van der Waals surface area contributed by atoms with E-state index in [0.717, 1.165) is 5.56 Å². The van der Waals surface area contributed by atoms with Crippen molar-refractivity contribution in [2.24, 2.45) is 0 Å². The van der Waals surface area contributed by atoms with Crippen molar-refractivity contribution in [2.75, 3.05) is 6.54 Å². The Balaban J connectivity index is 1.76. The Hall–Kier alpha value is -3.02. The Labute approximate surface area is 138 Å². The predicted molar refractivity (Wildman–Crippen MR) is 86.5 cm³/mol. The average Bonchev–Trinajstić information content (AvgIpc) is 3.08. The number of aromatic nitrogens is 2. The Bertz CT molecular complexity index is 833. The fourth-order valence-corrected chi connectivity index (χ4v) is 2.32. The first-order chi connectivity index (χ1) is 11.7. The maximum atomic E-state index is 13.3. The monoisotopic (exact) mass is 325 g/mol. The Morgan fingerprint density at radius 1 is 1.17 bits per heavy atom. The number of rotatable bonds is 5. The molecule has 0 aliphatic carbocycles. The number of amides is 1. The van der Waals surface area contributed by atoms with Gasteiger partial charge in [0.2, 0.25) is 11.7 Å². The molecular formula is C18H16FN3O2. The second kappa shape index (κ2) is 7.04. The van der Waals surface area contributed by atoms with Gasteiger partial charge in [0.1, 0.15) is 12.4 Å². The molecule has 0 atom stereocenters. The summed E-state index contributed by atoms with van der Waals surface area (Å²) in [5.41, 5.74) is 1.13. The van der Waals surface area contributed by atoms with E-state index in [1.165, 1.54) is 23.1 Å². The van der Waals surface area contributed by atoms with Crippen molar-refractivity contribution in [1.29, 1.82) is 0 Å². The third kappa shape index (κ3) is 3.48. The standard InChI is InChI=1S/C18H16FN3O2/c1-2-22(18(23)14-9-6-10-15(19)11-14)12-16-20-17(21-24-16)13-7-4-3-5-8-13/h3-11H,2,12H2,1H3. The van der Waals surface area contributed by atoms with Crippen LogP contribution in [-0.2, 0) is 6.54 Å². The minimum Gasteiger partial charge on any atom is -0.337 e. The van der Waals surface area contributed by atoms with Gasteiger partial charge in [0.05, 0.1) is 0 Å². The lowest BCUT2D eigenvalue weighted by molar-refractivity contribution is 0.0734. The van der Waals surface area contributed by atoms with Crippen molar-refractivity contribution in [3.8, 4) is 11.4 Å². The fraction of sp³-hybridized carbons (Fsp3) is 0.167. The van der Waals surface area contributed by atoms with E-state index in [1.54, 1.807) is 6.07 Å². The van der Waals surface area contributed by atoms with E-state index in [4.69, 9.17) is 4.52 Å². The minimum absolute atomic E-state index is 0.172. The third-order valence-electron chi connectivity index (χ3n) is 3.57. The van der Waals surface area contributed by atoms with E-state index in [9.17, 15) is 9.18 Å². The quantitative estimate of drug-likeness (QED) is 0.720. The number of halogens is 1. The SMILES string of the molecule is CCN(Cc1nc(-c2ccccc2)no1)C(=O)c1cccc(F)c1. The van der Waals surface area contributed by atoms with E-state index in [0.29, 0.717) is 23.8 Å². The lowest BCUT2D eigenvalue weighted by Crippen LogP contribution is -2.30. The summed E-state index contributed by atoms with van der Waals surface area (Å²) in [4.78, 5) is 18.3. The zero-order valence-corrected chi connectivity index (χ0v) is 13.1. The van der Waals surface area contributed by atoms with Crippen LogP contribution in [0.15, 0.2) is 59.1 Å². The smallest absolute Gasteiger partial charge is 0.254 e. The topological polar surface area (TPSA) is 59.2 Å². The van der Waals surface area contributed by atoms with Gasteiger partial charge >= 0.3 is 0 Å². The molecule has 3 aromatic rings. The van der Waals surface area contributed by atoms with Gasteiger partial charge in [0, 0.05) is 17.7 Å². The summed E-state index contributed by atoms with van der Waals surface area (Å²) in [7, 11) is 0. The lowest BCUT2D eigenvalue weighted by atomic mass is 10.2. The summed E-state index contributed by atoms with van der Waals surface area (Å²) in [6, 6.07) is 15.0. The van der Waals surface area contributed by atoms with Crippen LogP contribution in [0.3, 0.4) is 0 Å². The van der Waals surface area contributed by atoms with Crippen LogP contribution in [0.4, 0.5) is 4.39 Å². The molecule has 0 saturated carbocycles. The van der Waals surface area contributed by atoms with E-state index in [2.05, 4.69) is 10.1 Å². The highest BCUT2D eigenvalue weighted by Gasteiger charge is 2.18. The molecule has 0 aliphatic heterocycles. The van der Waals surface area contributed by atoms with Crippen molar-refractivity contribution in [3.63, 3.8) is 0 Å². The Kier molecular flexibility index (Phi) is 4.65. The molecule has 24 heavy (non-hydrogen) atoms. The second-order valence-electron chi connectivity index (χ2n) is 5.21. The summed E-state index contributed by atoms with van der Waals surface area (Å²) in [6.45, 7) is 2.45. The summed E-state index contributed by atoms with van der Waals surface area (Å²) in [5.74, 6) is 0.0813. The van der Waals surface area contributed by atoms with Gasteiger partial charge in [-0.1, -0.05) is 41.6 Å². The van der Waals surface area contributed by atoms with Crippen molar-refractivity contribution < 1.29 is 13.7 Å². The molecule has 0 fully saturated rings. The molecule has 1 amide bonds. The molecule has 0 radical (unpaired) electrons. The molecule has 0 bridgehead atoms. The van der Waals surface area contributed by atoms with Gasteiger partial charge in [0.15, 0.2) is 0 Å². The van der Waals surface area contributed by atoms with Gasteiger partial charge in [-0.3, -0.25) is 4.79 Å².